The fourth-order valence-electron chi connectivity index (χ4n) is 2.35. The normalized spacial score (nSPS) is 10.7. The first-order chi connectivity index (χ1) is 10.5. The molecule has 0 amide bonds. The van der Waals surface area contributed by atoms with Gasteiger partial charge >= 0.3 is 11.9 Å². The van der Waals surface area contributed by atoms with Crippen molar-refractivity contribution in [2.45, 2.75) is 6.42 Å². The number of methoxy groups -OCH3 is 2. The van der Waals surface area contributed by atoms with Crippen molar-refractivity contribution in [3.05, 3.63) is 35.9 Å². The molecule has 2 rings (SSSR count). The van der Waals surface area contributed by atoms with Gasteiger partial charge in [0.05, 0.1) is 14.2 Å². The van der Waals surface area contributed by atoms with Crippen molar-refractivity contribution in [2.75, 3.05) is 14.2 Å². The summed E-state index contributed by atoms with van der Waals surface area (Å²) in [7, 11) is 3.00. The number of hydrogen-bond donors (Lipinski definition) is 2. The number of fused-ring (bicyclic) bond motifs is 1. The van der Waals surface area contributed by atoms with Crippen molar-refractivity contribution in [1.82, 2.24) is 0 Å². The molecule has 0 atom stereocenters. The summed E-state index contributed by atoms with van der Waals surface area (Å²) >= 11 is 0. The number of carboxylic acid groups (broad SMARTS) is 2. The Kier molecular flexibility index (Phi) is 4.50. The maximum atomic E-state index is 11.1. The van der Waals surface area contributed by atoms with Crippen LogP contribution in [0.1, 0.15) is 5.56 Å². The molecule has 116 valence electrons. The van der Waals surface area contributed by atoms with Gasteiger partial charge in [-0.3, -0.25) is 9.59 Å². The highest BCUT2D eigenvalue weighted by Crippen LogP contribution is 2.33. The van der Waals surface area contributed by atoms with Crippen LogP contribution in [0.5, 0.6) is 11.5 Å². The molecule has 0 saturated carbocycles. The first kappa shape index (κ1) is 15.6. The van der Waals surface area contributed by atoms with Crippen LogP contribution in [-0.2, 0) is 16.0 Å². The molecule has 0 aliphatic carbocycles. The van der Waals surface area contributed by atoms with Gasteiger partial charge in [-0.2, -0.15) is 0 Å². The summed E-state index contributed by atoms with van der Waals surface area (Å²) in [6.45, 7) is 0. The van der Waals surface area contributed by atoms with Crippen molar-refractivity contribution in [3.63, 3.8) is 0 Å². The highest BCUT2D eigenvalue weighted by molar-refractivity contribution is 5.94. The van der Waals surface area contributed by atoms with E-state index in [0.717, 1.165) is 10.8 Å². The topological polar surface area (TPSA) is 93.1 Å². The van der Waals surface area contributed by atoms with Crippen LogP contribution in [0.4, 0.5) is 0 Å². The molecule has 0 aliphatic heterocycles. The maximum Gasteiger partial charge on any atom is 0.318 e. The van der Waals surface area contributed by atoms with Gasteiger partial charge < -0.3 is 19.7 Å². The Bertz CT molecular complexity index is 708. The van der Waals surface area contributed by atoms with E-state index >= 15 is 0 Å². The SMILES string of the molecule is COc1cc2cccc(OC)c2cc1CC(C(=O)O)C(=O)O. The second-order valence-corrected chi connectivity index (χ2v) is 4.78. The van der Waals surface area contributed by atoms with Crippen molar-refractivity contribution < 1.29 is 29.3 Å². The van der Waals surface area contributed by atoms with E-state index in [0.29, 0.717) is 17.1 Å². The summed E-state index contributed by atoms with van der Waals surface area (Å²) in [6, 6.07) is 8.94. The Labute approximate surface area is 126 Å². The third-order valence-corrected chi connectivity index (χ3v) is 3.48. The number of rotatable bonds is 6. The van der Waals surface area contributed by atoms with E-state index in [1.54, 1.807) is 18.2 Å². The van der Waals surface area contributed by atoms with Crippen LogP contribution in [0.3, 0.4) is 0 Å². The Balaban J connectivity index is 2.56. The predicted octanol–water partition coefficient (Wildman–Crippen LogP) is 2.18. The van der Waals surface area contributed by atoms with Crippen LogP contribution in [0, 0.1) is 5.92 Å². The minimum Gasteiger partial charge on any atom is -0.496 e. The quantitative estimate of drug-likeness (QED) is 0.795. The molecular weight excluding hydrogens is 288 g/mol. The Hall–Kier alpha value is -2.76. The molecule has 0 fully saturated rings. The molecule has 0 bridgehead atoms. The zero-order valence-corrected chi connectivity index (χ0v) is 12.2. The van der Waals surface area contributed by atoms with Gasteiger partial charge in [-0.1, -0.05) is 12.1 Å². The lowest BCUT2D eigenvalue weighted by Crippen LogP contribution is -2.25. The predicted molar refractivity (Wildman–Crippen MR) is 79.5 cm³/mol. The average molecular weight is 304 g/mol. The van der Waals surface area contributed by atoms with Gasteiger partial charge in [0, 0.05) is 5.39 Å². The van der Waals surface area contributed by atoms with Crippen LogP contribution < -0.4 is 9.47 Å². The Morgan fingerprint density at radius 2 is 1.68 bits per heavy atom. The highest BCUT2D eigenvalue weighted by Gasteiger charge is 2.27. The summed E-state index contributed by atoms with van der Waals surface area (Å²) in [4.78, 5) is 22.2. The van der Waals surface area contributed by atoms with E-state index < -0.39 is 17.9 Å². The van der Waals surface area contributed by atoms with E-state index in [-0.39, 0.29) is 6.42 Å². The number of aliphatic carboxylic acids is 2. The molecule has 2 N–H and O–H groups in total. The van der Waals surface area contributed by atoms with Crippen LogP contribution in [0.2, 0.25) is 0 Å². The molecule has 6 heteroatoms. The molecule has 0 radical (unpaired) electrons. The lowest BCUT2D eigenvalue weighted by atomic mass is 9.96. The molecule has 0 saturated heterocycles. The van der Waals surface area contributed by atoms with Gasteiger partial charge in [0.25, 0.3) is 0 Å². The number of carboxylic acids is 2. The van der Waals surface area contributed by atoms with Gasteiger partial charge in [0.1, 0.15) is 11.5 Å². The zero-order valence-electron chi connectivity index (χ0n) is 12.2. The summed E-state index contributed by atoms with van der Waals surface area (Å²) in [5.74, 6) is -3.21. The molecule has 0 unspecified atom stereocenters. The first-order valence-electron chi connectivity index (χ1n) is 6.57. The maximum absolute atomic E-state index is 11.1. The van der Waals surface area contributed by atoms with Crippen LogP contribution >= 0.6 is 0 Å². The molecule has 22 heavy (non-hydrogen) atoms. The molecule has 0 spiro atoms. The van der Waals surface area contributed by atoms with Crippen molar-refractivity contribution in [1.29, 1.82) is 0 Å². The summed E-state index contributed by atoms with van der Waals surface area (Å²) in [5.41, 5.74) is 0.509. The lowest BCUT2D eigenvalue weighted by Gasteiger charge is -2.14. The standard InChI is InChI=1S/C16H16O6/c1-21-13-5-3-4-9-8-14(22-2)10(6-11(9)13)7-12(15(17)18)16(19)20/h3-6,8,12H,7H2,1-2H3,(H,17,18)(H,19,20). The smallest absolute Gasteiger partial charge is 0.318 e. The molecule has 0 heterocycles. The van der Waals surface area contributed by atoms with E-state index in [4.69, 9.17) is 19.7 Å². The van der Waals surface area contributed by atoms with Crippen LogP contribution in [-0.4, -0.2) is 36.4 Å². The fourth-order valence-corrected chi connectivity index (χ4v) is 2.35. The highest BCUT2D eigenvalue weighted by atomic mass is 16.5. The second kappa shape index (κ2) is 6.34. The summed E-state index contributed by atoms with van der Waals surface area (Å²) < 4.78 is 10.5. The number of carbonyl (C=O) groups is 2. The van der Waals surface area contributed by atoms with E-state index in [2.05, 4.69) is 0 Å². The van der Waals surface area contributed by atoms with Gasteiger partial charge in [0.2, 0.25) is 0 Å². The largest absolute Gasteiger partial charge is 0.496 e. The summed E-state index contributed by atoms with van der Waals surface area (Å²) in [5, 5.41) is 19.7. The van der Waals surface area contributed by atoms with Crippen molar-refractivity contribution >= 4 is 22.7 Å². The van der Waals surface area contributed by atoms with Crippen molar-refractivity contribution in [3.8, 4) is 11.5 Å². The second-order valence-electron chi connectivity index (χ2n) is 4.78. The minimum absolute atomic E-state index is 0.165. The third kappa shape index (κ3) is 2.95. The van der Waals surface area contributed by atoms with Crippen LogP contribution in [0.25, 0.3) is 10.8 Å². The molecule has 2 aromatic rings. The van der Waals surface area contributed by atoms with E-state index in [9.17, 15) is 9.59 Å². The van der Waals surface area contributed by atoms with Gasteiger partial charge in [-0.15, -0.1) is 0 Å². The van der Waals surface area contributed by atoms with E-state index in [1.165, 1.54) is 14.2 Å². The van der Waals surface area contributed by atoms with Gasteiger partial charge in [-0.25, -0.2) is 0 Å². The number of benzene rings is 2. The average Bonchev–Trinajstić information content (AvgIpc) is 2.50. The molecule has 0 aliphatic rings. The van der Waals surface area contributed by atoms with Gasteiger partial charge in [0.15, 0.2) is 5.92 Å². The lowest BCUT2D eigenvalue weighted by molar-refractivity contribution is -0.154. The van der Waals surface area contributed by atoms with Crippen molar-refractivity contribution in [2.24, 2.45) is 5.92 Å². The number of hydrogen-bond acceptors (Lipinski definition) is 4. The summed E-state index contributed by atoms with van der Waals surface area (Å²) in [6.07, 6.45) is -0.165. The van der Waals surface area contributed by atoms with Crippen LogP contribution in [0.15, 0.2) is 30.3 Å². The first-order valence-corrected chi connectivity index (χ1v) is 6.57. The number of ether oxygens (including phenoxy) is 2. The monoisotopic (exact) mass is 304 g/mol. The third-order valence-electron chi connectivity index (χ3n) is 3.48. The molecule has 2 aromatic carbocycles. The minimum atomic E-state index is -1.53. The van der Waals surface area contributed by atoms with E-state index in [1.807, 2.05) is 12.1 Å². The van der Waals surface area contributed by atoms with Gasteiger partial charge in [-0.05, 0) is 35.6 Å². The zero-order chi connectivity index (χ0) is 16.3. The Morgan fingerprint density at radius 3 is 2.23 bits per heavy atom. The molecule has 0 aromatic heterocycles. The molecule has 6 nitrogen and oxygen atoms in total. The Morgan fingerprint density at radius 1 is 1.05 bits per heavy atom. The fraction of sp³-hybridized carbons (Fsp3) is 0.250. The molecular formula is C16H16O6.